The molecule has 0 fully saturated rings. The van der Waals surface area contributed by atoms with Crippen LogP contribution in [0.15, 0.2) is 30.4 Å². The van der Waals surface area contributed by atoms with Crippen molar-refractivity contribution >= 4 is 23.4 Å². The van der Waals surface area contributed by atoms with Crippen molar-refractivity contribution in [3.8, 4) is 0 Å². The molecular formula is C14H13N2NaO2S. The van der Waals surface area contributed by atoms with Gasteiger partial charge in [-0.05, 0) is 42.5 Å². The van der Waals surface area contributed by atoms with E-state index in [1.165, 1.54) is 9.75 Å². The molecule has 0 N–H and O–H groups in total. The number of fused-ring (bicyclic) bond motifs is 1. The van der Waals surface area contributed by atoms with Gasteiger partial charge in [0.15, 0.2) is 0 Å². The Labute approximate surface area is 143 Å². The Hall–Kier alpha value is -0.880. The van der Waals surface area contributed by atoms with Gasteiger partial charge in [0.2, 0.25) is 0 Å². The predicted molar refractivity (Wildman–Crippen MR) is 71.6 cm³/mol. The molecule has 0 spiro atoms. The zero-order valence-electron chi connectivity index (χ0n) is 11.3. The zero-order valence-corrected chi connectivity index (χ0v) is 14.2. The van der Waals surface area contributed by atoms with Crippen molar-refractivity contribution in [3.63, 3.8) is 0 Å². The quantitative estimate of drug-likeness (QED) is 0.630. The van der Waals surface area contributed by atoms with Gasteiger partial charge in [0.05, 0.1) is 12.3 Å². The molecule has 0 unspecified atom stereocenters. The maximum atomic E-state index is 10.9. The van der Waals surface area contributed by atoms with Gasteiger partial charge in [-0.15, -0.1) is 11.3 Å². The van der Waals surface area contributed by atoms with Crippen molar-refractivity contribution in [2.45, 2.75) is 25.8 Å². The Kier molecular flexibility index (Phi) is 5.21. The normalized spacial score (nSPS) is 13.3. The number of carboxylic acid groups (broad SMARTS) is 1. The number of carbonyl (C=O) groups excluding carboxylic acids is 1. The van der Waals surface area contributed by atoms with Crippen LogP contribution in [0.3, 0.4) is 0 Å². The summed E-state index contributed by atoms with van der Waals surface area (Å²) in [7, 11) is 0. The predicted octanol–water partition coefficient (Wildman–Crippen LogP) is -1.73. The zero-order chi connectivity index (χ0) is 13.2. The minimum atomic E-state index is -1.04. The SMILES string of the molecule is O=C([O-])C1=Cc2cc(CCn3ccnc3)sc2CC1.[Na+]. The van der Waals surface area contributed by atoms with Crippen LogP contribution in [-0.4, -0.2) is 15.5 Å². The van der Waals surface area contributed by atoms with E-state index in [4.69, 9.17) is 0 Å². The van der Waals surface area contributed by atoms with Crippen LogP contribution in [-0.2, 0) is 24.2 Å². The Morgan fingerprint density at radius 3 is 3.00 bits per heavy atom. The van der Waals surface area contributed by atoms with Crippen LogP contribution in [0, 0.1) is 0 Å². The Bertz CT molecular complexity index is 632. The van der Waals surface area contributed by atoms with Crippen molar-refractivity contribution < 1.29 is 39.5 Å². The number of aryl methyl sites for hydroxylation is 3. The molecular weight excluding hydrogens is 283 g/mol. The first kappa shape index (κ1) is 15.5. The van der Waals surface area contributed by atoms with E-state index in [1.807, 2.05) is 17.1 Å². The fraction of sp³-hybridized carbons (Fsp3) is 0.286. The molecule has 1 aliphatic rings. The summed E-state index contributed by atoms with van der Waals surface area (Å²) in [6.07, 6.45) is 9.62. The number of hydrogen-bond acceptors (Lipinski definition) is 4. The van der Waals surface area contributed by atoms with E-state index in [0.29, 0.717) is 12.0 Å². The summed E-state index contributed by atoms with van der Waals surface area (Å²) in [5.41, 5.74) is 1.46. The van der Waals surface area contributed by atoms with Gasteiger partial charge in [0, 0.05) is 28.7 Å². The molecule has 0 atom stereocenters. The second-order valence-corrected chi connectivity index (χ2v) is 5.82. The molecule has 20 heavy (non-hydrogen) atoms. The van der Waals surface area contributed by atoms with E-state index in [9.17, 15) is 9.90 Å². The molecule has 0 bridgehead atoms. The van der Waals surface area contributed by atoms with E-state index in [0.717, 1.165) is 24.9 Å². The van der Waals surface area contributed by atoms with E-state index in [2.05, 4.69) is 11.1 Å². The molecule has 2 aromatic heterocycles. The number of thiophene rings is 1. The third-order valence-corrected chi connectivity index (χ3v) is 4.55. The average Bonchev–Trinajstić information content (AvgIpc) is 3.04. The van der Waals surface area contributed by atoms with Gasteiger partial charge < -0.3 is 14.5 Å². The minimum Gasteiger partial charge on any atom is -0.545 e. The van der Waals surface area contributed by atoms with Crippen LogP contribution in [0.5, 0.6) is 0 Å². The monoisotopic (exact) mass is 296 g/mol. The third kappa shape index (κ3) is 3.41. The number of aliphatic carboxylic acids is 1. The molecule has 0 saturated heterocycles. The maximum absolute atomic E-state index is 10.9. The third-order valence-electron chi connectivity index (χ3n) is 3.28. The molecule has 3 rings (SSSR count). The fourth-order valence-corrected chi connectivity index (χ4v) is 3.40. The standard InChI is InChI=1S/C14H14N2O2S.Na/c17-14(18)10-1-2-13-11(7-10)8-12(19-13)3-5-16-6-4-15-9-16;/h4,6-9H,1-3,5H2,(H,17,18);/q;+1/p-1. The van der Waals surface area contributed by atoms with E-state index in [-0.39, 0.29) is 29.6 Å². The molecule has 1 aliphatic carbocycles. The van der Waals surface area contributed by atoms with Crippen LogP contribution in [0.25, 0.3) is 6.08 Å². The molecule has 0 aromatic carbocycles. The van der Waals surface area contributed by atoms with Gasteiger partial charge in [0.1, 0.15) is 0 Å². The number of carboxylic acids is 1. The number of rotatable bonds is 4. The van der Waals surface area contributed by atoms with Gasteiger partial charge in [0.25, 0.3) is 0 Å². The van der Waals surface area contributed by atoms with Gasteiger partial charge >= 0.3 is 29.6 Å². The van der Waals surface area contributed by atoms with Crippen molar-refractivity contribution in [1.82, 2.24) is 9.55 Å². The van der Waals surface area contributed by atoms with Crippen molar-refractivity contribution in [2.24, 2.45) is 0 Å². The summed E-state index contributed by atoms with van der Waals surface area (Å²) in [6.45, 7) is 0.899. The Morgan fingerprint density at radius 2 is 2.30 bits per heavy atom. The van der Waals surface area contributed by atoms with Gasteiger partial charge in [-0.25, -0.2) is 4.98 Å². The van der Waals surface area contributed by atoms with Gasteiger partial charge in [-0.3, -0.25) is 0 Å². The molecule has 0 amide bonds. The number of aromatic nitrogens is 2. The topological polar surface area (TPSA) is 57.9 Å². The van der Waals surface area contributed by atoms with Crippen LogP contribution >= 0.6 is 11.3 Å². The van der Waals surface area contributed by atoms with Crippen molar-refractivity contribution in [2.75, 3.05) is 0 Å². The Balaban J connectivity index is 0.00000147. The smallest absolute Gasteiger partial charge is 0.545 e. The summed E-state index contributed by atoms with van der Waals surface area (Å²) in [4.78, 5) is 17.4. The summed E-state index contributed by atoms with van der Waals surface area (Å²) in [5, 5.41) is 10.9. The average molecular weight is 296 g/mol. The summed E-state index contributed by atoms with van der Waals surface area (Å²) >= 11 is 1.78. The van der Waals surface area contributed by atoms with E-state index >= 15 is 0 Å². The van der Waals surface area contributed by atoms with Crippen LogP contribution in [0.2, 0.25) is 0 Å². The molecule has 2 heterocycles. The van der Waals surface area contributed by atoms with Crippen LogP contribution < -0.4 is 34.7 Å². The first-order chi connectivity index (χ1) is 9.22. The molecule has 0 saturated carbocycles. The number of carbonyl (C=O) groups is 1. The molecule has 6 heteroatoms. The minimum absolute atomic E-state index is 0. The largest absolute Gasteiger partial charge is 1.00 e. The van der Waals surface area contributed by atoms with E-state index < -0.39 is 5.97 Å². The second-order valence-electron chi connectivity index (χ2n) is 4.60. The summed E-state index contributed by atoms with van der Waals surface area (Å²) < 4.78 is 2.04. The molecule has 0 radical (unpaired) electrons. The molecule has 98 valence electrons. The van der Waals surface area contributed by atoms with Crippen LogP contribution in [0.1, 0.15) is 21.7 Å². The molecule has 0 aliphatic heterocycles. The van der Waals surface area contributed by atoms with Crippen molar-refractivity contribution in [3.05, 3.63) is 45.7 Å². The first-order valence-corrected chi connectivity index (χ1v) is 7.03. The van der Waals surface area contributed by atoms with Crippen molar-refractivity contribution in [1.29, 1.82) is 0 Å². The number of hydrogen-bond donors (Lipinski definition) is 0. The van der Waals surface area contributed by atoms with Crippen LogP contribution in [0.4, 0.5) is 0 Å². The first-order valence-electron chi connectivity index (χ1n) is 6.21. The van der Waals surface area contributed by atoms with Gasteiger partial charge in [-0.2, -0.15) is 0 Å². The van der Waals surface area contributed by atoms with Gasteiger partial charge in [-0.1, -0.05) is 0 Å². The summed E-state index contributed by atoms with van der Waals surface area (Å²) in [6, 6.07) is 2.10. The Morgan fingerprint density at radius 1 is 1.45 bits per heavy atom. The number of imidazole rings is 1. The molecule has 2 aromatic rings. The summed E-state index contributed by atoms with van der Waals surface area (Å²) in [5.74, 6) is -1.04. The molecule has 4 nitrogen and oxygen atoms in total. The number of nitrogens with zero attached hydrogens (tertiary/aromatic N) is 2. The van der Waals surface area contributed by atoms with E-state index in [1.54, 1.807) is 23.6 Å². The maximum Gasteiger partial charge on any atom is 1.00 e. The second kappa shape index (κ2) is 6.72. The fourth-order valence-electron chi connectivity index (χ4n) is 2.27.